The third-order valence-electron chi connectivity index (χ3n) is 6.28. The number of anilines is 1. The summed E-state index contributed by atoms with van der Waals surface area (Å²) in [6.07, 6.45) is 0.611. The molecule has 35 heavy (non-hydrogen) atoms. The van der Waals surface area contributed by atoms with Crippen molar-refractivity contribution in [3.8, 4) is 0 Å². The number of benzene rings is 4. The minimum Gasteiger partial charge on any atom is -0.341 e. The first-order valence-corrected chi connectivity index (χ1v) is 13.2. The molecule has 1 amide bonds. The number of aromatic nitrogens is 1. The van der Waals surface area contributed by atoms with Crippen LogP contribution in [0.5, 0.6) is 0 Å². The molecule has 5 aromatic rings. The number of nitrogens with zero attached hydrogens (tertiary/aromatic N) is 1. The third kappa shape index (κ3) is 4.52. The molecule has 0 aliphatic rings. The highest BCUT2D eigenvalue weighted by molar-refractivity contribution is 7.89. The van der Waals surface area contributed by atoms with Crippen molar-refractivity contribution in [2.24, 2.45) is 0 Å². The summed E-state index contributed by atoms with van der Waals surface area (Å²) in [5.41, 5.74) is 3.04. The maximum absolute atomic E-state index is 12.8. The normalized spacial score (nSPS) is 11.9. The van der Waals surface area contributed by atoms with Gasteiger partial charge in [-0.05, 0) is 49.1 Å². The maximum atomic E-state index is 12.8. The molecular formula is C28H27N3O3S. The molecule has 0 saturated heterocycles. The average Bonchev–Trinajstić information content (AvgIpc) is 3.19. The molecule has 0 saturated carbocycles. The molecule has 1 aromatic heterocycles. The Labute approximate surface area is 204 Å². The summed E-state index contributed by atoms with van der Waals surface area (Å²) < 4.78 is 30.5. The van der Waals surface area contributed by atoms with Gasteiger partial charge in [-0.3, -0.25) is 4.79 Å². The van der Waals surface area contributed by atoms with E-state index in [9.17, 15) is 13.2 Å². The fourth-order valence-electron chi connectivity index (χ4n) is 4.66. The summed E-state index contributed by atoms with van der Waals surface area (Å²) in [5, 5.41) is 6.76. The van der Waals surface area contributed by atoms with Crippen LogP contribution in [0.15, 0.2) is 89.8 Å². The van der Waals surface area contributed by atoms with Crippen molar-refractivity contribution in [3.05, 3.63) is 84.9 Å². The molecule has 0 fully saturated rings. The second-order valence-corrected chi connectivity index (χ2v) is 10.3. The van der Waals surface area contributed by atoms with Gasteiger partial charge in [0, 0.05) is 52.4 Å². The van der Waals surface area contributed by atoms with Crippen molar-refractivity contribution in [2.75, 3.05) is 11.9 Å². The number of hydrogen-bond acceptors (Lipinski definition) is 3. The van der Waals surface area contributed by atoms with Gasteiger partial charge >= 0.3 is 0 Å². The van der Waals surface area contributed by atoms with Crippen molar-refractivity contribution in [2.45, 2.75) is 31.2 Å². The van der Waals surface area contributed by atoms with Crippen LogP contribution in [0, 0.1) is 0 Å². The van der Waals surface area contributed by atoms with Gasteiger partial charge in [-0.2, -0.15) is 0 Å². The van der Waals surface area contributed by atoms with Crippen LogP contribution in [0.25, 0.3) is 32.6 Å². The zero-order chi connectivity index (χ0) is 24.4. The van der Waals surface area contributed by atoms with Crippen molar-refractivity contribution < 1.29 is 13.2 Å². The first-order valence-electron chi connectivity index (χ1n) is 11.8. The zero-order valence-corrected chi connectivity index (χ0v) is 20.3. The van der Waals surface area contributed by atoms with Gasteiger partial charge in [0.1, 0.15) is 0 Å². The molecule has 178 valence electrons. The number of sulfonamides is 1. The van der Waals surface area contributed by atoms with Crippen LogP contribution >= 0.6 is 0 Å². The number of nitrogens with one attached hydrogen (secondary N) is 2. The van der Waals surface area contributed by atoms with Crippen LogP contribution in [-0.2, 0) is 21.4 Å². The summed E-state index contributed by atoms with van der Waals surface area (Å²) >= 11 is 0. The molecule has 6 nitrogen and oxygen atoms in total. The van der Waals surface area contributed by atoms with Gasteiger partial charge in [-0.25, -0.2) is 13.1 Å². The highest BCUT2D eigenvalue weighted by atomic mass is 32.2. The average molecular weight is 486 g/mol. The second kappa shape index (κ2) is 9.52. The Morgan fingerprint density at radius 3 is 2.37 bits per heavy atom. The van der Waals surface area contributed by atoms with E-state index in [4.69, 9.17) is 0 Å². The summed E-state index contributed by atoms with van der Waals surface area (Å²) in [5.74, 6) is -0.145. The van der Waals surface area contributed by atoms with Gasteiger partial charge in [-0.1, -0.05) is 54.6 Å². The number of rotatable bonds is 8. The lowest BCUT2D eigenvalue weighted by molar-refractivity contribution is -0.116. The molecule has 0 radical (unpaired) electrons. The fourth-order valence-corrected chi connectivity index (χ4v) is 5.96. The lowest BCUT2D eigenvalue weighted by atomic mass is 10.1. The first-order chi connectivity index (χ1) is 17.0. The van der Waals surface area contributed by atoms with Crippen LogP contribution in [-0.4, -0.2) is 25.4 Å². The topological polar surface area (TPSA) is 80.2 Å². The number of para-hydroxylation sites is 1. The molecule has 4 aromatic carbocycles. The molecule has 0 unspecified atom stereocenters. The molecule has 7 heteroatoms. The van der Waals surface area contributed by atoms with Gasteiger partial charge in [0.05, 0.1) is 4.90 Å². The molecule has 0 aliphatic heterocycles. The van der Waals surface area contributed by atoms with Crippen LogP contribution in [0.1, 0.15) is 19.8 Å². The Bertz CT molecular complexity index is 1650. The van der Waals surface area contributed by atoms with E-state index in [1.165, 1.54) is 5.52 Å². The Morgan fingerprint density at radius 1 is 0.829 bits per heavy atom. The second-order valence-electron chi connectivity index (χ2n) is 8.52. The maximum Gasteiger partial charge on any atom is 0.241 e. The minimum atomic E-state index is -3.67. The van der Waals surface area contributed by atoms with E-state index >= 15 is 0 Å². The standard InChI is InChI=1S/C28H27N3O3S/c1-2-31-25-13-6-5-12-23(25)24-19-21(16-17-26(24)31)30-28(32)15-8-18-29-35(33,34)27-14-7-10-20-9-3-4-11-22(20)27/h3-7,9-14,16-17,19,29H,2,8,15,18H2,1H3,(H,30,32). The largest absolute Gasteiger partial charge is 0.341 e. The van der Waals surface area contributed by atoms with E-state index < -0.39 is 10.0 Å². The summed E-state index contributed by atoms with van der Waals surface area (Å²) in [6, 6.07) is 26.8. The van der Waals surface area contributed by atoms with Crippen molar-refractivity contribution >= 4 is 54.2 Å². The van der Waals surface area contributed by atoms with Gasteiger partial charge in [-0.15, -0.1) is 0 Å². The van der Waals surface area contributed by atoms with Gasteiger partial charge in [0.2, 0.25) is 15.9 Å². The first kappa shape index (κ1) is 23.1. The number of aryl methyl sites for hydroxylation is 1. The molecule has 0 spiro atoms. The van der Waals surface area contributed by atoms with E-state index in [-0.39, 0.29) is 23.8 Å². The lowest BCUT2D eigenvalue weighted by Gasteiger charge is -2.10. The molecule has 0 bridgehead atoms. The molecule has 0 aliphatic carbocycles. The summed E-state index contributed by atoms with van der Waals surface area (Å²) in [7, 11) is -3.67. The van der Waals surface area contributed by atoms with Crippen molar-refractivity contribution in [1.82, 2.24) is 9.29 Å². The van der Waals surface area contributed by atoms with Crippen LogP contribution in [0.4, 0.5) is 5.69 Å². The van der Waals surface area contributed by atoms with Crippen LogP contribution in [0.3, 0.4) is 0 Å². The lowest BCUT2D eigenvalue weighted by Crippen LogP contribution is -2.26. The Hall–Kier alpha value is -3.68. The van der Waals surface area contributed by atoms with E-state index in [1.54, 1.807) is 18.2 Å². The highest BCUT2D eigenvalue weighted by Crippen LogP contribution is 2.31. The van der Waals surface area contributed by atoms with Gasteiger partial charge in [0.15, 0.2) is 0 Å². The Balaban J connectivity index is 1.22. The SMILES string of the molecule is CCn1c2ccccc2c2cc(NC(=O)CCCNS(=O)(=O)c3cccc4ccccc34)ccc21. The molecule has 2 N–H and O–H groups in total. The van der Waals surface area contributed by atoms with Crippen molar-refractivity contribution in [1.29, 1.82) is 0 Å². The summed E-state index contributed by atoms with van der Waals surface area (Å²) in [4.78, 5) is 12.8. The van der Waals surface area contributed by atoms with Gasteiger partial charge < -0.3 is 9.88 Å². The number of hydrogen-bond donors (Lipinski definition) is 2. The number of carbonyl (C=O) groups is 1. The monoisotopic (exact) mass is 485 g/mol. The van der Waals surface area contributed by atoms with E-state index in [2.05, 4.69) is 33.7 Å². The van der Waals surface area contributed by atoms with Crippen molar-refractivity contribution in [3.63, 3.8) is 0 Å². The molecular weight excluding hydrogens is 458 g/mol. The highest BCUT2D eigenvalue weighted by Gasteiger charge is 2.17. The van der Waals surface area contributed by atoms with E-state index in [0.717, 1.165) is 33.9 Å². The Morgan fingerprint density at radius 2 is 1.54 bits per heavy atom. The number of amides is 1. The quantitative estimate of drug-likeness (QED) is 0.278. The van der Waals surface area contributed by atoms with Crippen LogP contribution < -0.4 is 10.0 Å². The third-order valence-corrected chi connectivity index (χ3v) is 7.80. The van der Waals surface area contributed by atoms with Gasteiger partial charge in [0.25, 0.3) is 0 Å². The fraction of sp³-hybridized carbons (Fsp3) is 0.179. The molecule has 0 atom stereocenters. The smallest absolute Gasteiger partial charge is 0.241 e. The Kier molecular flexibility index (Phi) is 6.28. The minimum absolute atomic E-state index is 0.145. The molecule has 5 rings (SSSR count). The number of carbonyl (C=O) groups excluding carboxylic acids is 1. The summed E-state index contributed by atoms with van der Waals surface area (Å²) in [6.45, 7) is 3.17. The molecule has 1 heterocycles. The van der Waals surface area contributed by atoms with Crippen LogP contribution in [0.2, 0.25) is 0 Å². The van der Waals surface area contributed by atoms with E-state index in [0.29, 0.717) is 11.8 Å². The van der Waals surface area contributed by atoms with E-state index in [1.807, 2.05) is 54.6 Å². The number of fused-ring (bicyclic) bond motifs is 4. The predicted molar refractivity (Wildman–Crippen MR) is 142 cm³/mol. The predicted octanol–water partition coefficient (Wildman–Crippen LogP) is 5.66. The zero-order valence-electron chi connectivity index (χ0n) is 19.5.